The molecule has 0 fully saturated rings. The maximum Gasteiger partial charge on any atom is 0.265 e. The summed E-state index contributed by atoms with van der Waals surface area (Å²) in [4.78, 5) is 9.45. The summed E-state index contributed by atoms with van der Waals surface area (Å²) in [6, 6.07) is 55.5. The van der Waals surface area contributed by atoms with E-state index in [1.165, 1.54) is 73.9 Å². The number of fused-ring (bicyclic) bond motifs is 6. The van der Waals surface area contributed by atoms with Crippen LogP contribution in [0.3, 0.4) is 0 Å². The monoisotopic (exact) mass is 1010 g/mol. The van der Waals surface area contributed by atoms with Gasteiger partial charge < -0.3 is 14.0 Å². The summed E-state index contributed by atoms with van der Waals surface area (Å²) >= 11 is 0. The topological polar surface area (TPSA) is 39.9 Å². The Labute approximate surface area is 389 Å². The van der Waals surface area contributed by atoms with Crippen molar-refractivity contribution in [3.05, 3.63) is 186 Å². The summed E-state index contributed by atoms with van der Waals surface area (Å²) in [5.74, 6) is 2.34. The van der Waals surface area contributed by atoms with Crippen molar-refractivity contribution in [2.75, 3.05) is 0 Å². The molecule has 0 spiro atoms. The molecule has 2 aromatic heterocycles. The normalized spacial score (nSPS) is 14.5. The van der Waals surface area contributed by atoms with Crippen LogP contribution in [-0.4, -0.2) is 22.9 Å². The minimum absolute atomic E-state index is 0. The Hall–Kier alpha value is -5.91. The first-order valence-corrected chi connectivity index (χ1v) is 23.8. The van der Waals surface area contributed by atoms with Crippen molar-refractivity contribution in [3.63, 3.8) is 0 Å². The Morgan fingerprint density at radius 2 is 1.40 bits per heavy atom. The third kappa shape index (κ3) is 7.99. The second-order valence-corrected chi connectivity index (χ2v) is 20.5. The van der Waals surface area contributed by atoms with E-state index in [-0.39, 0.29) is 43.1 Å². The first-order chi connectivity index (χ1) is 31.9. The van der Waals surface area contributed by atoms with Crippen LogP contribution in [0.15, 0.2) is 152 Å². The van der Waals surface area contributed by atoms with Crippen molar-refractivity contribution in [1.82, 2.24) is 14.5 Å². The Balaban J connectivity index is 0.000000251. The van der Waals surface area contributed by atoms with E-state index in [0.29, 0.717) is 11.3 Å². The summed E-state index contributed by atoms with van der Waals surface area (Å²) in [6.07, 6.45) is 1.30. The zero-order chi connectivity index (χ0) is 47.4. The molecule has 0 bridgehead atoms. The van der Waals surface area contributed by atoms with Gasteiger partial charge in [-0.1, -0.05) is 137 Å². The van der Waals surface area contributed by atoms with Crippen LogP contribution in [0, 0.1) is 25.8 Å². The molecule has 1 aliphatic heterocycles. The average Bonchev–Trinajstić information content (AvgIpc) is 3.69. The molecular weight excluding hydrogens is 951 g/mol. The van der Waals surface area contributed by atoms with Crippen LogP contribution in [0.25, 0.3) is 72.4 Å². The van der Waals surface area contributed by atoms with Crippen LogP contribution in [0.1, 0.15) is 70.0 Å². The second kappa shape index (κ2) is 17.5. The van der Waals surface area contributed by atoms with E-state index in [2.05, 4.69) is 172 Å². The number of rotatable bonds is 6. The van der Waals surface area contributed by atoms with Crippen molar-refractivity contribution in [1.29, 1.82) is 0 Å². The molecule has 62 heavy (non-hydrogen) atoms. The fraction of sp³-hybridized carbons (Fsp3) is 0.179. The minimum Gasteiger partial charge on any atom is -0.583 e. The van der Waals surface area contributed by atoms with Crippen LogP contribution >= 0.6 is 0 Å². The van der Waals surface area contributed by atoms with Crippen LogP contribution < -0.4 is 9.61 Å². The third-order valence-electron chi connectivity index (χ3n) is 11.5. The number of benzene rings is 7. The molecule has 0 atom stereocenters. The van der Waals surface area contributed by atoms with Crippen LogP contribution in [-0.2, 0) is 20.1 Å². The number of aryl methyl sites for hydroxylation is 2. The molecule has 10 rings (SSSR count). The van der Waals surface area contributed by atoms with Crippen molar-refractivity contribution in [2.24, 2.45) is 0 Å². The second-order valence-electron chi connectivity index (χ2n) is 16.8. The molecule has 4 nitrogen and oxygen atoms in total. The number of hydrogen-bond donors (Lipinski definition) is 0. The van der Waals surface area contributed by atoms with Crippen LogP contribution in [0.4, 0.5) is 0 Å². The van der Waals surface area contributed by atoms with Gasteiger partial charge in [-0.3, -0.25) is 4.98 Å². The summed E-state index contributed by atoms with van der Waals surface area (Å²) in [6.45, 7) is 9.48. The smallest absolute Gasteiger partial charge is 0.265 e. The quantitative estimate of drug-likeness (QED) is 0.123. The molecule has 7 aromatic carbocycles. The molecule has 9 aromatic rings. The maximum absolute atomic E-state index is 7.28. The standard InChI is InChI=1S/C43H39N2OSi.C13H12N.Ir/c1-27(2)36-25-31(29-15-8-7-9-16-29)26-37(28(3)4)40(36)45-39-22-13-12-21-38(39)44-43(45)35-20-14-19-33-34-24-23-30-17-10-11-18-32(30)42(34)47(5,6)46-41(33)35;1-10-3-6-12(7-4-10)13-8-5-11(2)9-14-13;/h7-19,21-28H,1-6H3;3-6,8-9H,1-2H3;/q2*-1;/i;1D3,2D3;. The molecule has 1 aliphatic rings. The van der Waals surface area contributed by atoms with E-state index in [9.17, 15) is 0 Å². The molecular formula is C56H51IrN3OSi-2. The minimum atomic E-state index is -2.39. The van der Waals surface area contributed by atoms with Crippen molar-refractivity contribution in [2.45, 2.75) is 66.3 Å². The number of imidazole rings is 1. The van der Waals surface area contributed by atoms with Gasteiger partial charge in [0.25, 0.3) is 8.32 Å². The summed E-state index contributed by atoms with van der Waals surface area (Å²) in [5, 5.41) is 3.90. The van der Waals surface area contributed by atoms with Gasteiger partial charge in [0.1, 0.15) is 0 Å². The summed E-state index contributed by atoms with van der Waals surface area (Å²) in [7, 11) is -2.39. The van der Waals surface area contributed by atoms with E-state index in [1.807, 2.05) is 6.07 Å². The molecule has 0 saturated heterocycles. The van der Waals surface area contributed by atoms with Crippen molar-refractivity contribution >= 4 is 35.3 Å². The van der Waals surface area contributed by atoms with Gasteiger partial charge in [0.05, 0.1) is 16.9 Å². The van der Waals surface area contributed by atoms with Crippen molar-refractivity contribution in [3.8, 4) is 56.3 Å². The van der Waals surface area contributed by atoms with E-state index < -0.39 is 22.0 Å². The SMILES string of the molecule is CC(C)c1cc(-c2ccccc2)cc(C(C)C)c1-n1c(-c2[c-]ccc3c2O[Si](C)(C)c2c-3ccc3ccccc23)nc2ccccc21.[2H]C([2H])([2H])c1c[c-]c(-c2ccc(C([2H])([2H])[2H])cn2)cc1.[Ir]. The van der Waals surface area contributed by atoms with Gasteiger partial charge in [-0.25, -0.2) is 0 Å². The molecule has 0 saturated carbocycles. The zero-order valence-electron chi connectivity index (χ0n) is 41.7. The Morgan fingerprint density at radius 3 is 2.10 bits per heavy atom. The third-order valence-corrected chi connectivity index (χ3v) is 14.0. The first-order valence-electron chi connectivity index (χ1n) is 23.9. The Kier molecular flexibility index (Phi) is 10.0. The molecule has 0 amide bonds. The molecule has 0 aliphatic carbocycles. The average molecular weight is 1010 g/mol. The molecule has 0 unspecified atom stereocenters. The molecule has 311 valence electrons. The van der Waals surface area contributed by atoms with Gasteiger partial charge in [0.2, 0.25) is 0 Å². The Morgan fingerprint density at radius 1 is 0.694 bits per heavy atom. The Bertz CT molecular complexity index is 3190. The van der Waals surface area contributed by atoms with E-state index in [4.69, 9.17) is 17.6 Å². The summed E-state index contributed by atoms with van der Waals surface area (Å²) in [5.41, 5.74) is 13.2. The molecule has 6 heteroatoms. The summed E-state index contributed by atoms with van der Waals surface area (Å²) < 4.78 is 53.3. The van der Waals surface area contributed by atoms with Gasteiger partial charge in [0, 0.05) is 46.0 Å². The number of pyridine rings is 1. The number of hydrogen-bond acceptors (Lipinski definition) is 3. The van der Waals surface area contributed by atoms with E-state index in [0.717, 1.165) is 33.7 Å². The largest absolute Gasteiger partial charge is 0.583 e. The van der Waals surface area contributed by atoms with E-state index >= 15 is 0 Å². The molecule has 0 N–H and O–H groups in total. The predicted molar refractivity (Wildman–Crippen MR) is 258 cm³/mol. The molecule has 1 radical (unpaired) electrons. The fourth-order valence-electron chi connectivity index (χ4n) is 8.59. The van der Waals surface area contributed by atoms with Crippen molar-refractivity contribution < 1.29 is 32.8 Å². The number of aromatic nitrogens is 3. The van der Waals surface area contributed by atoms with Gasteiger partial charge in [-0.05, 0) is 111 Å². The zero-order valence-corrected chi connectivity index (χ0v) is 39.1. The van der Waals surface area contributed by atoms with Crippen LogP contribution in [0.5, 0.6) is 5.75 Å². The molecule has 3 heterocycles. The maximum atomic E-state index is 7.28. The van der Waals surface area contributed by atoms with Gasteiger partial charge in [-0.15, -0.1) is 53.6 Å². The van der Waals surface area contributed by atoms with Gasteiger partial charge in [-0.2, -0.15) is 0 Å². The number of nitrogens with zero attached hydrogens (tertiary/aromatic N) is 3. The van der Waals surface area contributed by atoms with Crippen LogP contribution in [0.2, 0.25) is 13.1 Å². The first kappa shape index (κ1) is 35.7. The van der Waals surface area contributed by atoms with Gasteiger partial charge in [0.15, 0.2) is 0 Å². The van der Waals surface area contributed by atoms with Gasteiger partial charge >= 0.3 is 0 Å². The fourth-order valence-corrected chi connectivity index (χ4v) is 11.2. The number of para-hydroxylation sites is 2. The van der Waals surface area contributed by atoms with E-state index in [1.54, 1.807) is 12.1 Å². The predicted octanol–water partition coefficient (Wildman–Crippen LogP) is 14.2.